The maximum Gasteiger partial charge on any atom is 0.269 e. The van der Waals surface area contributed by atoms with Crippen molar-refractivity contribution < 1.29 is 9.66 Å². The Bertz CT molecular complexity index is 744. The van der Waals surface area contributed by atoms with E-state index in [1.807, 2.05) is 36.2 Å². The molecule has 0 heterocycles. The molecule has 0 unspecified atom stereocenters. The van der Waals surface area contributed by atoms with Crippen LogP contribution in [0.25, 0.3) is 0 Å². The zero-order valence-corrected chi connectivity index (χ0v) is 14.6. The molecule has 2 aromatic rings. The van der Waals surface area contributed by atoms with Crippen molar-refractivity contribution in [1.29, 1.82) is 0 Å². The third kappa shape index (κ3) is 4.94. The molecule has 25 heavy (non-hydrogen) atoms. The minimum atomic E-state index is -0.406. The van der Waals surface area contributed by atoms with Crippen LogP contribution in [0.1, 0.15) is 11.1 Å². The van der Waals surface area contributed by atoms with Crippen LogP contribution in [0.3, 0.4) is 0 Å². The summed E-state index contributed by atoms with van der Waals surface area (Å²) < 4.78 is 5.38. The van der Waals surface area contributed by atoms with Gasteiger partial charge in [-0.05, 0) is 11.6 Å². The first-order valence-electron chi connectivity index (χ1n) is 7.82. The summed E-state index contributed by atoms with van der Waals surface area (Å²) in [5.41, 5.74) is 2.09. The van der Waals surface area contributed by atoms with Gasteiger partial charge >= 0.3 is 0 Å². The fourth-order valence-electron chi connectivity index (χ4n) is 2.47. The molecule has 0 atom stereocenters. The minimum absolute atomic E-state index is 0.0847. The van der Waals surface area contributed by atoms with Gasteiger partial charge in [-0.2, -0.15) is 0 Å². The highest BCUT2D eigenvalue weighted by Gasteiger charge is 2.10. The molecule has 132 valence electrons. The van der Waals surface area contributed by atoms with Crippen molar-refractivity contribution >= 4 is 11.6 Å². The highest BCUT2D eigenvalue weighted by molar-refractivity contribution is 5.79. The number of ether oxygens (including phenoxy) is 1. The van der Waals surface area contributed by atoms with E-state index in [1.54, 1.807) is 26.3 Å². The van der Waals surface area contributed by atoms with Gasteiger partial charge in [0.15, 0.2) is 5.96 Å². The number of hydrogen-bond donors (Lipinski definition) is 1. The third-order valence-electron chi connectivity index (χ3n) is 3.77. The Kier molecular flexibility index (Phi) is 6.33. The number of para-hydroxylation sites is 1. The summed E-state index contributed by atoms with van der Waals surface area (Å²) in [4.78, 5) is 16.6. The smallest absolute Gasteiger partial charge is 0.269 e. The molecule has 0 aliphatic carbocycles. The average Bonchev–Trinajstić information content (AvgIpc) is 2.63. The number of nitro benzene ring substituents is 1. The number of aliphatic imine (C=N–C) groups is 1. The summed E-state index contributed by atoms with van der Waals surface area (Å²) in [6, 6.07) is 14.3. The number of hydrogen-bond acceptors (Lipinski definition) is 4. The molecular weight excluding hydrogens is 320 g/mol. The number of nitro groups is 1. The highest BCUT2D eigenvalue weighted by atomic mass is 16.6. The molecule has 0 saturated heterocycles. The molecule has 7 heteroatoms. The monoisotopic (exact) mass is 342 g/mol. The summed E-state index contributed by atoms with van der Waals surface area (Å²) in [6.07, 6.45) is 0. The van der Waals surface area contributed by atoms with Gasteiger partial charge in [-0.15, -0.1) is 0 Å². The van der Waals surface area contributed by atoms with E-state index in [4.69, 9.17) is 4.74 Å². The van der Waals surface area contributed by atoms with E-state index in [9.17, 15) is 10.1 Å². The zero-order valence-electron chi connectivity index (χ0n) is 14.6. The van der Waals surface area contributed by atoms with E-state index in [1.165, 1.54) is 12.1 Å². The Morgan fingerprint density at radius 3 is 2.52 bits per heavy atom. The molecule has 7 nitrogen and oxygen atoms in total. The van der Waals surface area contributed by atoms with Crippen LogP contribution in [0.2, 0.25) is 0 Å². The second-order valence-electron chi connectivity index (χ2n) is 5.49. The van der Waals surface area contributed by atoms with E-state index in [2.05, 4.69) is 10.3 Å². The molecule has 0 aliphatic rings. The van der Waals surface area contributed by atoms with Gasteiger partial charge in [0.05, 0.1) is 12.0 Å². The lowest BCUT2D eigenvalue weighted by molar-refractivity contribution is -0.384. The molecule has 0 fully saturated rings. The maximum atomic E-state index is 10.7. The van der Waals surface area contributed by atoms with Gasteiger partial charge < -0.3 is 15.0 Å². The Labute approximate surface area is 147 Å². The van der Waals surface area contributed by atoms with Crippen molar-refractivity contribution in [3.63, 3.8) is 0 Å². The lowest BCUT2D eigenvalue weighted by Gasteiger charge is -2.23. The number of guanidine groups is 1. The van der Waals surface area contributed by atoms with Crippen molar-refractivity contribution in [2.45, 2.75) is 13.1 Å². The highest BCUT2D eigenvalue weighted by Crippen LogP contribution is 2.18. The SMILES string of the molecule is CN=C(NCc1ccc([N+](=O)[O-])cc1)N(C)Cc1ccccc1OC. The maximum absolute atomic E-state index is 10.7. The molecule has 0 bridgehead atoms. The Morgan fingerprint density at radius 2 is 1.92 bits per heavy atom. The Hall–Kier alpha value is -3.09. The van der Waals surface area contributed by atoms with Crippen LogP contribution in [-0.2, 0) is 13.1 Å². The summed E-state index contributed by atoms with van der Waals surface area (Å²) in [6.45, 7) is 1.17. The molecule has 0 aromatic heterocycles. The molecule has 0 amide bonds. The minimum Gasteiger partial charge on any atom is -0.496 e. The van der Waals surface area contributed by atoms with Crippen LogP contribution in [0.15, 0.2) is 53.5 Å². The molecule has 2 aromatic carbocycles. The molecule has 0 saturated carbocycles. The zero-order chi connectivity index (χ0) is 18.2. The lowest BCUT2D eigenvalue weighted by Crippen LogP contribution is -2.38. The first-order chi connectivity index (χ1) is 12.0. The van der Waals surface area contributed by atoms with Crippen molar-refractivity contribution in [2.75, 3.05) is 21.2 Å². The Morgan fingerprint density at radius 1 is 1.24 bits per heavy atom. The first kappa shape index (κ1) is 18.3. The number of methoxy groups -OCH3 is 1. The van der Waals surface area contributed by atoms with Gasteiger partial charge in [0, 0.05) is 44.9 Å². The fourth-order valence-corrected chi connectivity index (χ4v) is 2.47. The quantitative estimate of drug-likeness (QED) is 0.378. The number of nitrogens with one attached hydrogen (secondary N) is 1. The normalized spacial score (nSPS) is 11.1. The van der Waals surface area contributed by atoms with Crippen LogP contribution < -0.4 is 10.1 Å². The number of benzene rings is 2. The van der Waals surface area contributed by atoms with E-state index in [-0.39, 0.29) is 5.69 Å². The van der Waals surface area contributed by atoms with Crippen LogP contribution in [0.4, 0.5) is 5.69 Å². The largest absolute Gasteiger partial charge is 0.496 e. The number of rotatable bonds is 6. The van der Waals surface area contributed by atoms with Crippen LogP contribution in [0.5, 0.6) is 5.75 Å². The predicted octanol–water partition coefficient (Wildman–Crippen LogP) is 2.81. The van der Waals surface area contributed by atoms with Crippen LogP contribution in [0, 0.1) is 10.1 Å². The molecule has 0 spiro atoms. The molecule has 2 rings (SSSR count). The van der Waals surface area contributed by atoms with Crippen LogP contribution >= 0.6 is 0 Å². The van der Waals surface area contributed by atoms with Gasteiger partial charge in [-0.1, -0.05) is 30.3 Å². The van der Waals surface area contributed by atoms with Gasteiger partial charge in [0.2, 0.25) is 0 Å². The van der Waals surface area contributed by atoms with Gasteiger partial charge in [0.25, 0.3) is 5.69 Å². The summed E-state index contributed by atoms with van der Waals surface area (Å²) in [7, 11) is 5.31. The number of non-ortho nitro benzene ring substituents is 1. The predicted molar refractivity (Wildman–Crippen MR) is 97.8 cm³/mol. The number of nitrogens with zero attached hydrogens (tertiary/aromatic N) is 3. The standard InChI is InChI=1S/C18H22N4O3/c1-19-18(20-12-14-8-10-16(11-9-14)22(23)24)21(2)13-15-6-4-5-7-17(15)25-3/h4-11H,12-13H2,1-3H3,(H,19,20). The summed E-state index contributed by atoms with van der Waals surface area (Å²) >= 11 is 0. The third-order valence-corrected chi connectivity index (χ3v) is 3.77. The average molecular weight is 342 g/mol. The van der Waals surface area contributed by atoms with Crippen molar-refractivity contribution in [3.05, 3.63) is 69.8 Å². The first-order valence-corrected chi connectivity index (χ1v) is 7.82. The van der Waals surface area contributed by atoms with E-state index < -0.39 is 4.92 Å². The van der Waals surface area contributed by atoms with E-state index >= 15 is 0 Å². The van der Waals surface area contributed by atoms with Gasteiger partial charge in [-0.3, -0.25) is 15.1 Å². The molecule has 0 radical (unpaired) electrons. The Balaban J connectivity index is 1.98. The summed E-state index contributed by atoms with van der Waals surface area (Å²) in [5, 5.41) is 14.0. The second-order valence-corrected chi connectivity index (χ2v) is 5.49. The van der Waals surface area contributed by atoms with Gasteiger partial charge in [-0.25, -0.2) is 0 Å². The van der Waals surface area contributed by atoms with Crippen molar-refractivity contribution in [1.82, 2.24) is 10.2 Å². The molecular formula is C18H22N4O3. The fraction of sp³-hybridized carbons (Fsp3) is 0.278. The summed E-state index contributed by atoms with van der Waals surface area (Å²) in [5.74, 6) is 1.56. The van der Waals surface area contributed by atoms with Crippen molar-refractivity contribution in [3.8, 4) is 5.75 Å². The van der Waals surface area contributed by atoms with E-state index in [0.29, 0.717) is 13.1 Å². The van der Waals surface area contributed by atoms with Gasteiger partial charge in [0.1, 0.15) is 5.75 Å². The van der Waals surface area contributed by atoms with Crippen molar-refractivity contribution in [2.24, 2.45) is 4.99 Å². The topological polar surface area (TPSA) is 80.0 Å². The second kappa shape index (κ2) is 8.68. The molecule has 1 N–H and O–H groups in total. The lowest BCUT2D eigenvalue weighted by atomic mass is 10.2. The molecule has 0 aliphatic heterocycles. The van der Waals surface area contributed by atoms with E-state index in [0.717, 1.165) is 22.8 Å². The van der Waals surface area contributed by atoms with Crippen LogP contribution in [-0.4, -0.2) is 37.0 Å².